The van der Waals surface area contributed by atoms with Crippen LogP contribution in [0.4, 0.5) is 0 Å². The molecule has 0 aliphatic heterocycles. The van der Waals surface area contributed by atoms with E-state index in [9.17, 15) is 14.7 Å². The standard InChI is InChI=1S/C35H68O5/c1-4-6-7-8-9-10-11-12-16-19-22-25-28-34(37)39-30-33(36)31-40-35(38)29-26-23-20-17-14-13-15-18-21-24-27-32(3)5-2/h32-33,36H,4-31H2,1-3H3/t32?,33-/m1/s1. The zero-order valence-electron chi connectivity index (χ0n) is 27.0. The maximum Gasteiger partial charge on any atom is 0.305 e. The average Bonchev–Trinajstić information content (AvgIpc) is 2.95. The van der Waals surface area contributed by atoms with Crippen LogP contribution in [0.3, 0.4) is 0 Å². The van der Waals surface area contributed by atoms with Gasteiger partial charge in [-0.15, -0.1) is 0 Å². The first kappa shape index (κ1) is 38.9. The molecule has 0 amide bonds. The van der Waals surface area contributed by atoms with Crippen LogP contribution in [0.25, 0.3) is 0 Å². The summed E-state index contributed by atoms with van der Waals surface area (Å²) in [6.07, 6.45) is 30.0. The normalized spacial score (nSPS) is 12.8. The molecule has 0 aliphatic carbocycles. The highest BCUT2D eigenvalue weighted by Crippen LogP contribution is 2.16. The van der Waals surface area contributed by atoms with Gasteiger partial charge in [0, 0.05) is 12.8 Å². The first-order valence-electron chi connectivity index (χ1n) is 17.5. The molecule has 238 valence electrons. The predicted molar refractivity (Wildman–Crippen MR) is 168 cm³/mol. The van der Waals surface area contributed by atoms with E-state index in [1.165, 1.54) is 128 Å². The molecule has 5 nitrogen and oxygen atoms in total. The van der Waals surface area contributed by atoms with Crippen molar-refractivity contribution in [2.45, 2.75) is 194 Å². The second-order valence-corrected chi connectivity index (χ2v) is 12.2. The zero-order valence-corrected chi connectivity index (χ0v) is 27.0. The van der Waals surface area contributed by atoms with E-state index in [0.717, 1.165) is 31.6 Å². The van der Waals surface area contributed by atoms with E-state index in [-0.39, 0.29) is 25.2 Å². The third-order valence-electron chi connectivity index (χ3n) is 8.13. The van der Waals surface area contributed by atoms with Gasteiger partial charge < -0.3 is 14.6 Å². The van der Waals surface area contributed by atoms with Crippen molar-refractivity contribution >= 4 is 11.9 Å². The largest absolute Gasteiger partial charge is 0.463 e. The number of unbranched alkanes of at least 4 members (excludes halogenated alkanes) is 20. The molecule has 2 atom stereocenters. The lowest BCUT2D eigenvalue weighted by atomic mass is 9.99. The third-order valence-corrected chi connectivity index (χ3v) is 8.13. The molecule has 0 saturated carbocycles. The van der Waals surface area contributed by atoms with Gasteiger partial charge >= 0.3 is 11.9 Å². The van der Waals surface area contributed by atoms with Gasteiger partial charge in [0.25, 0.3) is 0 Å². The van der Waals surface area contributed by atoms with E-state index < -0.39 is 6.10 Å². The number of hydrogen-bond donors (Lipinski definition) is 1. The lowest BCUT2D eigenvalue weighted by Crippen LogP contribution is -2.25. The lowest BCUT2D eigenvalue weighted by Gasteiger charge is -2.12. The van der Waals surface area contributed by atoms with Gasteiger partial charge in [0.15, 0.2) is 0 Å². The fourth-order valence-corrected chi connectivity index (χ4v) is 5.06. The summed E-state index contributed by atoms with van der Waals surface area (Å²) in [7, 11) is 0. The van der Waals surface area contributed by atoms with Crippen LogP contribution in [-0.4, -0.2) is 36.4 Å². The van der Waals surface area contributed by atoms with Crippen LogP contribution in [-0.2, 0) is 19.1 Å². The Morgan fingerprint density at radius 1 is 0.525 bits per heavy atom. The molecule has 1 unspecified atom stereocenters. The second-order valence-electron chi connectivity index (χ2n) is 12.2. The fourth-order valence-electron chi connectivity index (χ4n) is 5.06. The fraction of sp³-hybridized carbons (Fsp3) is 0.943. The summed E-state index contributed by atoms with van der Waals surface area (Å²) >= 11 is 0. The van der Waals surface area contributed by atoms with Crippen molar-refractivity contribution in [2.24, 2.45) is 5.92 Å². The molecular formula is C35H68O5. The molecule has 0 fully saturated rings. The molecule has 40 heavy (non-hydrogen) atoms. The van der Waals surface area contributed by atoms with Crippen molar-refractivity contribution < 1.29 is 24.2 Å². The maximum atomic E-state index is 11.9. The van der Waals surface area contributed by atoms with E-state index in [4.69, 9.17) is 9.47 Å². The molecular weight excluding hydrogens is 500 g/mol. The maximum absolute atomic E-state index is 11.9. The quantitative estimate of drug-likeness (QED) is 0.0665. The van der Waals surface area contributed by atoms with Gasteiger partial charge in [-0.25, -0.2) is 0 Å². The summed E-state index contributed by atoms with van der Waals surface area (Å²) in [5.74, 6) is 0.323. The number of aliphatic hydroxyl groups excluding tert-OH is 1. The SMILES string of the molecule is CCCCCCCCCCCCCCC(=O)OC[C@@H](O)COC(=O)CCCCCCCCCCCCC(C)CC. The Morgan fingerprint density at radius 2 is 0.850 bits per heavy atom. The Morgan fingerprint density at radius 3 is 1.20 bits per heavy atom. The number of esters is 2. The molecule has 0 aliphatic rings. The molecule has 5 heteroatoms. The van der Waals surface area contributed by atoms with Gasteiger partial charge in [-0.3, -0.25) is 9.59 Å². The van der Waals surface area contributed by atoms with E-state index in [1.54, 1.807) is 0 Å². The Bertz CT molecular complexity index is 550. The zero-order chi connectivity index (χ0) is 29.5. The number of rotatable bonds is 31. The van der Waals surface area contributed by atoms with E-state index in [0.29, 0.717) is 12.8 Å². The van der Waals surface area contributed by atoms with E-state index in [1.807, 2.05) is 0 Å². The summed E-state index contributed by atoms with van der Waals surface area (Å²) in [4.78, 5) is 23.8. The molecule has 0 aromatic rings. The molecule has 0 aromatic carbocycles. The van der Waals surface area contributed by atoms with Gasteiger partial charge in [-0.05, 0) is 18.8 Å². The Hall–Kier alpha value is -1.10. The van der Waals surface area contributed by atoms with Gasteiger partial charge in [0.1, 0.15) is 19.3 Å². The van der Waals surface area contributed by atoms with Crippen molar-refractivity contribution in [1.29, 1.82) is 0 Å². The number of ether oxygens (including phenoxy) is 2. The number of carbonyl (C=O) groups is 2. The number of carbonyl (C=O) groups excluding carboxylic acids is 2. The van der Waals surface area contributed by atoms with Crippen LogP contribution in [0.1, 0.15) is 188 Å². The van der Waals surface area contributed by atoms with Crippen molar-refractivity contribution in [1.82, 2.24) is 0 Å². The predicted octanol–water partition coefficient (Wildman–Crippen LogP) is 10.3. The van der Waals surface area contributed by atoms with Crippen molar-refractivity contribution in [3.05, 3.63) is 0 Å². The third kappa shape index (κ3) is 29.9. The van der Waals surface area contributed by atoms with Gasteiger partial charge in [0.05, 0.1) is 0 Å². The highest BCUT2D eigenvalue weighted by atomic mass is 16.6. The first-order valence-corrected chi connectivity index (χ1v) is 17.5. The summed E-state index contributed by atoms with van der Waals surface area (Å²) < 4.78 is 10.3. The van der Waals surface area contributed by atoms with Crippen LogP contribution in [0, 0.1) is 5.92 Å². The van der Waals surface area contributed by atoms with Crippen LogP contribution < -0.4 is 0 Å². The minimum atomic E-state index is -0.954. The second kappa shape index (κ2) is 30.8. The van der Waals surface area contributed by atoms with E-state index >= 15 is 0 Å². The summed E-state index contributed by atoms with van der Waals surface area (Å²) in [6.45, 7) is 6.67. The highest BCUT2D eigenvalue weighted by Gasteiger charge is 2.12. The highest BCUT2D eigenvalue weighted by molar-refractivity contribution is 5.69. The number of aliphatic hydroxyl groups is 1. The molecule has 0 spiro atoms. The van der Waals surface area contributed by atoms with Crippen molar-refractivity contribution in [2.75, 3.05) is 13.2 Å². The molecule has 1 N–H and O–H groups in total. The Balaban J connectivity index is 3.41. The van der Waals surface area contributed by atoms with Crippen LogP contribution in [0.15, 0.2) is 0 Å². The summed E-state index contributed by atoms with van der Waals surface area (Å²) in [5.41, 5.74) is 0. The van der Waals surface area contributed by atoms with E-state index in [2.05, 4.69) is 20.8 Å². The van der Waals surface area contributed by atoms with Gasteiger partial charge in [-0.2, -0.15) is 0 Å². The Kier molecular flexibility index (Phi) is 30.0. The topological polar surface area (TPSA) is 72.8 Å². The van der Waals surface area contributed by atoms with Gasteiger partial charge in [0.2, 0.25) is 0 Å². The van der Waals surface area contributed by atoms with Crippen molar-refractivity contribution in [3.8, 4) is 0 Å². The summed E-state index contributed by atoms with van der Waals surface area (Å²) in [5, 5.41) is 9.96. The van der Waals surface area contributed by atoms with Gasteiger partial charge in [-0.1, -0.05) is 162 Å². The minimum Gasteiger partial charge on any atom is -0.463 e. The van der Waals surface area contributed by atoms with Crippen LogP contribution in [0.2, 0.25) is 0 Å². The number of hydrogen-bond acceptors (Lipinski definition) is 5. The minimum absolute atomic E-state index is 0.109. The molecule has 0 aromatic heterocycles. The monoisotopic (exact) mass is 569 g/mol. The molecule has 0 radical (unpaired) electrons. The lowest BCUT2D eigenvalue weighted by molar-refractivity contribution is -0.152. The molecule has 0 saturated heterocycles. The first-order chi connectivity index (χ1) is 19.5. The summed E-state index contributed by atoms with van der Waals surface area (Å²) in [6, 6.07) is 0. The van der Waals surface area contributed by atoms with Crippen LogP contribution >= 0.6 is 0 Å². The average molecular weight is 569 g/mol. The van der Waals surface area contributed by atoms with Crippen molar-refractivity contribution in [3.63, 3.8) is 0 Å². The molecule has 0 heterocycles. The smallest absolute Gasteiger partial charge is 0.305 e. The molecule has 0 rings (SSSR count). The Labute approximate surface area is 248 Å². The van der Waals surface area contributed by atoms with Crippen LogP contribution in [0.5, 0.6) is 0 Å². The molecule has 0 bridgehead atoms.